The molecule has 0 spiro atoms. The number of rotatable bonds is 3. The molecule has 1 heterocycles. The minimum atomic E-state index is -0.350. The van der Waals surface area contributed by atoms with E-state index in [2.05, 4.69) is 46.1 Å². The predicted octanol–water partition coefficient (Wildman–Crippen LogP) is 2.82. The molecule has 3 nitrogen and oxygen atoms in total. The average molecular weight is 239 g/mol. The van der Waals surface area contributed by atoms with Gasteiger partial charge in [0.1, 0.15) is 6.73 Å². The minimum Gasteiger partial charge on any atom is -0.446 e. The molecule has 1 unspecified atom stereocenters. The number of ether oxygens (including phenoxy) is 1. The third kappa shape index (κ3) is 2.54. The molecule has 17 heavy (non-hydrogen) atoms. The Hall–Kier alpha value is -0.830. The van der Waals surface area contributed by atoms with Crippen LogP contribution in [0.5, 0.6) is 0 Å². The Kier molecular flexibility index (Phi) is 4.03. The Balaban J connectivity index is 2.74. The molecule has 1 saturated heterocycles. The number of likely N-dealkylation sites (tertiary alicyclic amines) is 1. The van der Waals surface area contributed by atoms with E-state index in [0.717, 1.165) is 13.0 Å². The first kappa shape index (κ1) is 14.2. The van der Waals surface area contributed by atoms with Gasteiger partial charge in [-0.25, -0.2) is 4.79 Å². The second kappa shape index (κ2) is 4.81. The van der Waals surface area contributed by atoms with Gasteiger partial charge in [0.05, 0.1) is 0 Å². The molecule has 0 N–H and O–H groups in total. The summed E-state index contributed by atoms with van der Waals surface area (Å²) < 4.78 is 5.16. The summed E-state index contributed by atoms with van der Waals surface area (Å²) in [7, 11) is 0. The quantitative estimate of drug-likeness (QED) is 0.560. The van der Waals surface area contributed by atoms with Crippen LogP contribution in [0.1, 0.15) is 41.0 Å². The van der Waals surface area contributed by atoms with Crippen molar-refractivity contribution in [1.29, 1.82) is 0 Å². The number of carbonyl (C=O) groups excluding carboxylic acids is 1. The topological polar surface area (TPSA) is 29.5 Å². The molecular weight excluding hydrogens is 214 g/mol. The first-order valence-electron chi connectivity index (χ1n) is 6.27. The number of hydrogen-bond acceptors (Lipinski definition) is 3. The molecular formula is C14H25NO2. The van der Waals surface area contributed by atoms with E-state index in [1.807, 2.05) is 0 Å². The van der Waals surface area contributed by atoms with Gasteiger partial charge in [0.2, 0.25) is 0 Å². The van der Waals surface area contributed by atoms with Crippen molar-refractivity contribution >= 4 is 5.97 Å². The zero-order valence-electron chi connectivity index (χ0n) is 11.7. The van der Waals surface area contributed by atoms with E-state index >= 15 is 0 Å². The highest BCUT2D eigenvalue weighted by molar-refractivity contribution is 5.81. The molecule has 0 saturated carbocycles. The van der Waals surface area contributed by atoms with Gasteiger partial charge in [-0.15, -0.1) is 0 Å². The van der Waals surface area contributed by atoms with Crippen LogP contribution in [-0.2, 0) is 9.53 Å². The third-order valence-electron chi connectivity index (χ3n) is 4.96. The van der Waals surface area contributed by atoms with Crippen molar-refractivity contribution in [3.8, 4) is 0 Å². The van der Waals surface area contributed by atoms with Crippen LogP contribution in [0.15, 0.2) is 12.7 Å². The van der Waals surface area contributed by atoms with Gasteiger partial charge in [0, 0.05) is 18.2 Å². The van der Waals surface area contributed by atoms with E-state index in [1.54, 1.807) is 0 Å². The molecule has 1 rings (SSSR count). The highest BCUT2D eigenvalue weighted by Crippen LogP contribution is 2.46. The number of carbonyl (C=O) groups is 1. The molecule has 1 atom stereocenters. The lowest BCUT2D eigenvalue weighted by Gasteiger charge is -2.56. The van der Waals surface area contributed by atoms with Crippen molar-refractivity contribution < 1.29 is 9.53 Å². The molecule has 1 aliphatic heterocycles. The van der Waals surface area contributed by atoms with E-state index in [0.29, 0.717) is 12.6 Å². The van der Waals surface area contributed by atoms with Crippen molar-refractivity contribution in [3.05, 3.63) is 12.7 Å². The molecule has 0 aromatic carbocycles. The van der Waals surface area contributed by atoms with Gasteiger partial charge in [-0.3, -0.25) is 4.90 Å². The van der Waals surface area contributed by atoms with Gasteiger partial charge in [-0.1, -0.05) is 27.4 Å². The number of nitrogens with zero attached hydrogens (tertiary/aromatic N) is 1. The van der Waals surface area contributed by atoms with Gasteiger partial charge in [0.15, 0.2) is 0 Å². The van der Waals surface area contributed by atoms with Gasteiger partial charge in [0.25, 0.3) is 0 Å². The monoisotopic (exact) mass is 239 g/mol. The van der Waals surface area contributed by atoms with Gasteiger partial charge in [-0.2, -0.15) is 0 Å². The van der Waals surface area contributed by atoms with E-state index in [-0.39, 0.29) is 16.9 Å². The summed E-state index contributed by atoms with van der Waals surface area (Å²) in [5.74, 6) is 0.320. The van der Waals surface area contributed by atoms with Gasteiger partial charge >= 0.3 is 5.97 Å². The number of esters is 1. The molecule has 0 radical (unpaired) electrons. The van der Waals surface area contributed by atoms with Crippen LogP contribution < -0.4 is 0 Å². The van der Waals surface area contributed by atoms with Crippen molar-refractivity contribution in [3.63, 3.8) is 0 Å². The SMILES string of the molecule is C=CC(=O)OCN1CCC(C)C(C)(C)C1(C)C. The Bertz CT molecular complexity index is 307. The molecule has 1 fully saturated rings. The van der Waals surface area contributed by atoms with Crippen molar-refractivity contribution in [2.24, 2.45) is 11.3 Å². The van der Waals surface area contributed by atoms with Crippen molar-refractivity contribution in [1.82, 2.24) is 4.90 Å². The standard InChI is InChI=1S/C14H25NO2/c1-7-12(16)17-10-15-9-8-11(2)13(3,4)14(15,5)6/h7,11H,1,8-10H2,2-6H3. The summed E-state index contributed by atoms with van der Waals surface area (Å²) >= 11 is 0. The molecule has 1 aliphatic rings. The summed E-state index contributed by atoms with van der Waals surface area (Å²) in [4.78, 5) is 13.4. The predicted molar refractivity (Wildman–Crippen MR) is 69.5 cm³/mol. The molecule has 3 heteroatoms. The average Bonchev–Trinajstić information content (AvgIpc) is 2.25. The number of hydrogen-bond donors (Lipinski definition) is 0. The van der Waals surface area contributed by atoms with Crippen molar-refractivity contribution in [2.75, 3.05) is 13.3 Å². The van der Waals surface area contributed by atoms with Crippen LogP contribution in [0.25, 0.3) is 0 Å². The van der Waals surface area contributed by atoms with E-state index in [1.165, 1.54) is 6.08 Å². The summed E-state index contributed by atoms with van der Waals surface area (Å²) in [6, 6.07) is 0. The molecule has 0 aliphatic carbocycles. The highest BCUT2D eigenvalue weighted by Gasteiger charge is 2.48. The fourth-order valence-corrected chi connectivity index (χ4v) is 2.43. The van der Waals surface area contributed by atoms with Gasteiger partial charge < -0.3 is 4.74 Å². The first-order chi connectivity index (χ1) is 7.73. The maximum atomic E-state index is 11.1. The smallest absolute Gasteiger partial charge is 0.331 e. The van der Waals surface area contributed by atoms with Crippen molar-refractivity contribution in [2.45, 2.75) is 46.6 Å². The first-order valence-corrected chi connectivity index (χ1v) is 6.27. The largest absolute Gasteiger partial charge is 0.446 e. The Morgan fingerprint density at radius 2 is 2.06 bits per heavy atom. The zero-order chi connectivity index (χ0) is 13.3. The fraction of sp³-hybridized carbons (Fsp3) is 0.786. The number of piperidine rings is 1. The third-order valence-corrected chi connectivity index (χ3v) is 4.96. The Morgan fingerprint density at radius 3 is 2.59 bits per heavy atom. The lowest BCUT2D eigenvalue weighted by Crippen LogP contribution is -2.61. The van der Waals surface area contributed by atoms with Gasteiger partial charge in [-0.05, 0) is 31.6 Å². The second-order valence-corrected chi connectivity index (χ2v) is 6.03. The van der Waals surface area contributed by atoms with Crippen LogP contribution in [-0.4, -0.2) is 29.7 Å². The van der Waals surface area contributed by atoms with E-state index in [9.17, 15) is 4.79 Å². The minimum absolute atomic E-state index is 0.0200. The molecule has 98 valence electrons. The molecule has 0 bridgehead atoms. The van der Waals surface area contributed by atoms with E-state index in [4.69, 9.17) is 4.74 Å². The normalized spacial score (nSPS) is 27.5. The van der Waals surface area contributed by atoms with Crippen LogP contribution in [0.2, 0.25) is 0 Å². The summed E-state index contributed by atoms with van der Waals surface area (Å²) in [5, 5.41) is 0. The zero-order valence-corrected chi connectivity index (χ0v) is 11.7. The molecule has 0 aromatic heterocycles. The fourth-order valence-electron chi connectivity index (χ4n) is 2.43. The lowest BCUT2D eigenvalue weighted by molar-refractivity contribution is -0.155. The van der Waals surface area contributed by atoms with Crippen LogP contribution in [0.3, 0.4) is 0 Å². The second-order valence-electron chi connectivity index (χ2n) is 6.03. The lowest BCUT2D eigenvalue weighted by atomic mass is 9.62. The maximum Gasteiger partial charge on any atom is 0.331 e. The maximum absolute atomic E-state index is 11.1. The highest BCUT2D eigenvalue weighted by atomic mass is 16.5. The Morgan fingerprint density at radius 1 is 1.47 bits per heavy atom. The summed E-state index contributed by atoms with van der Waals surface area (Å²) in [6.07, 6.45) is 2.35. The van der Waals surface area contributed by atoms with Crippen LogP contribution in [0, 0.1) is 11.3 Å². The summed E-state index contributed by atoms with van der Waals surface area (Å²) in [6.45, 7) is 16.1. The molecule has 0 amide bonds. The van der Waals surface area contributed by atoms with E-state index < -0.39 is 0 Å². The van der Waals surface area contributed by atoms with Crippen LogP contribution in [0.4, 0.5) is 0 Å². The molecule has 0 aromatic rings. The Labute approximate surface area is 105 Å². The summed E-state index contributed by atoms with van der Waals surface area (Å²) in [5.41, 5.74) is 0.220. The van der Waals surface area contributed by atoms with Crippen LogP contribution >= 0.6 is 0 Å².